The Morgan fingerprint density at radius 3 is 2.28 bits per heavy atom. The van der Waals surface area contributed by atoms with E-state index in [2.05, 4.69) is 13.8 Å². The van der Waals surface area contributed by atoms with Crippen molar-refractivity contribution in [2.75, 3.05) is 6.61 Å². The molecule has 0 aliphatic heterocycles. The topological polar surface area (TPSA) is 26.3 Å². The first kappa shape index (κ1) is 14.7. The number of para-hydroxylation sites is 1. The molecule has 0 saturated carbocycles. The third kappa shape index (κ3) is 3.86. The second kappa shape index (κ2) is 7.91. The minimum absolute atomic E-state index is 0.140. The summed E-state index contributed by atoms with van der Waals surface area (Å²) in [5.74, 6) is 1.10. The molecule has 0 heterocycles. The highest BCUT2D eigenvalue weighted by molar-refractivity contribution is 6.00. The molecule has 0 radical (unpaired) electrons. The standard InChI is InChI=1S/C16H24O2/c1-4-9-13(10-5-2)16(17)14-11-7-8-12-15(14)18-6-3/h7-8,11-13H,4-6,9-10H2,1-3H3. The Morgan fingerprint density at radius 1 is 1.11 bits per heavy atom. The molecule has 0 amide bonds. The van der Waals surface area contributed by atoms with E-state index in [4.69, 9.17) is 4.74 Å². The summed E-state index contributed by atoms with van der Waals surface area (Å²) in [6.45, 7) is 6.79. The van der Waals surface area contributed by atoms with E-state index in [9.17, 15) is 4.79 Å². The molecular formula is C16H24O2. The summed E-state index contributed by atoms with van der Waals surface area (Å²) in [4.78, 5) is 12.5. The van der Waals surface area contributed by atoms with E-state index >= 15 is 0 Å². The van der Waals surface area contributed by atoms with Crippen LogP contribution in [0.15, 0.2) is 24.3 Å². The zero-order chi connectivity index (χ0) is 13.4. The van der Waals surface area contributed by atoms with Gasteiger partial charge in [-0.3, -0.25) is 4.79 Å². The van der Waals surface area contributed by atoms with Gasteiger partial charge in [-0.15, -0.1) is 0 Å². The molecule has 0 aliphatic rings. The third-order valence-corrected chi connectivity index (χ3v) is 3.10. The lowest BCUT2D eigenvalue weighted by Gasteiger charge is -2.16. The minimum Gasteiger partial charge on any atom is -0.493 e. The van der Waals surface area contributed by atoms with Gasteiger partial charge in [0.1, 0.15) is 5.75 Å². The SMILES string of the molecule is CCCC(CCC)C(=O)c1ccccc1OCC. The average molecular weight is 248 g/mol. The lowest BCUT2D eigenvalue weighted by Crippen LogP contribution is -2.16. The van der Waals surface area contributed by atoms with Crippen molar-refractivity contribution in [1.29, 1.82) is 0 Å². The Balaban J connectivity index is 2.92. The van der Waals surface area contributed by atoms with Crippen LogP contribution in [0.25, 0.3) is 0 Å². The molecule has 0 fully saturated rings. The highest BCUT2D eigenvalue weighted by Crippen LogP contribution is 2.25. The van der Waals surface area contributed by atoms with Crippen molar-refractivity contribution in [3.8, 4) is 5.75 Å². The van der Waals surface area contributed by atoms with Crippen LogP contribution in [0.3, 0.4) is 0 Å². The Labute approximate surface area is 110 Å². The average Bonchev–Trinajstić information content (AvgIpc) is 2.39. The van der Waals surface area contributed by atoms with Gasteiger partial charge in [-0.25, -0.2) is 0 Å². The molecule has 0 aliphatic carbocycles. The summed E-state index contributed by atoms with van der Waals surface area (Å²) < 4.78 is 5.54. The predicted octanol–water partition coefficient (Wildman–Crippen LogP) is 4.48. The largest absolute Gasteiger partial charge is 0.493 e. The lowest BCUT2D eigenvalue weighted by atomic mass is 9.89. The second-order valence-electron chi connectivity index (χ2n) is 4.57. The van der Waals surface area contributed by atoms with Crippen LogP contribution in [0, 0.1) is 5.92 Å². The number of carbonyl (C=O) groups is 1. The van der Waals surface area contributed by atoms with Crippen molar-refractivity contribution >= 4 is 5.78 Å². The first-order chi connectivity index (χ1) is 8.74. The van der Waals surface area contributed by atoms with Gasteiger partial charge < -0.3 is 4.74 Å². The van der Waals surface area contributed by atoms with Gasteiger partial charge in [0.2, 0.25) is 0 Å². The Morgan fingerprint density at radius 2 is 1.72 bits per heavy atom. The Hall–Kier alpha value is -1.31. The van der Waals surface area contributed by atoms with Gasteiger partial charge in [0.05, 0.1) is 12.2 Å². The summed E-state index contributed by atoms with van der Waals surface area (Å²) >= 11 is 0. The molecule has 0 aromatic heterocycles. The van der Waals surface area contributed by atoms with Crippen LogP contribution in [-0.2, 0) is 0 Å². The fourth-order valence-electron chi connectivity index (χ4n) is 2.27. The number of hydrogen-bond acceptors (Lipinski definition) is 2. The van der Waals surface area contributed by atoms with Crippen LogP contribution in [0.2, 0.25) is 0 Å². The second-order valence-corrected chi connectivity index (χ2v) is 4.57. The van der Waals surface area contributed by atoms with Gasteiger partial charge in [-0.05, 0) is 31.9 Å². The molecule has 1 aromatic rings. The van der Waals surface area contributed by atoms with Gasteiger partial charge >= 0.3 is 0 Å². The van der Waals surface area contributed by atoms with Gasteiger partial charge in [0, 0.05) is 5.92 Å². The monoisotopic (exact) mass is 248 g/mol. The van der Waals surface area contributed by atoms with Crippen molar-refractivity contribution in [1.82, 2.24) is 0 Å². The van der Waals surface area contributed by atoms with Crippen molar-refractivity contribution in [3.63, 3.8) is 0 Å². The highest BCUT2D eigenvalue weighted by atomic mass is 16.5. The van der Waals surface area contributed by atoms with Crippen LogP contribution < -0.4 is 4.74 Å². The maximum Gasteiger partial charge on any atom is 0.169 e. The van der Waals surface area contributed by atoms with Crippen LogP contribution in [0.1, 0.15) is 56.8 Å². The molecule has 0 bridgehead atoms. The predicted molar refractivity (Wildman–Crippen MR) is 75.2 cm³/mol. The number of ketones is 1. The van der Waals surface area contributed by atoms with E-state index in [1.165, 1.54) is 0 Å². The quantitative estimate of drug-likeness (QED) is 0.634. The molecule has 0 unspecified atom stereocenters. The zero-order valence-corrected chi connectivity index (χ0v) is 11.7. The maximum atomic E-state index is 12.5. The number of rotatable bonds is 8. The number of carbonyl (C=O) groups excluding carboxylic acids is 1. The molecule has 18 heavy (non-hydrogen) atoms. The van der Waals surface area contributed by atoms with E-state index in [-0.39, 0.29) is 11.7 Å². The van der Waals surface area contributed by atoms with Crippen molar-refractivity contribution < 1.29 is 9.53 Å². The highest BCUT2D eigenvalue weighted by Gasteiger charge is 2.21. The lowest BCUT2D eigenvalue weighted by molar-refractivity contribution is 0.0901. The van der Waals surface area contributed by atoms with E-state index < -0.39 is 0 Å². The molecule has 2 nitrogen and oxygen atoms in total. The molecule has 100 valence electrons. The molecule has 1 rings (SSSR count). The van der Waals surface area contributed by atoms with Gasteiger partial charge in [0.25, 0.3) is 0 Å². The molecule has 0 spiro atoms. The van der Waals surface area contributed by atoms with Crippen molar-refractivity contribution in [3.05, 3.63) is 29.8 Å². The fourth-order valence-corrected chi connectivity index (χ4v) is 2.27. The normalized spacial score (nSPS) is 10.7. The summed E-state index contributed by atoms with van der Waals surface area (Å²) in [6.07, 6.45) is 4.03. The molecule has 0 saturated heterocycles. The molecule has 0 atom stereocenters. The number of Topliss-reactive ketones (excluding diaryl/α,β-unsaturated/α-hetero) is 1. The first-order valence-corrected chi connectivity index (χ1v) is 7.00. The van der Waals surface area contributed by atoms with Crippen molar-refractivity contribution in [2.45, 2.75) is 46.5 Å². The third-order valence-electron chi connectivity index (χ3n) is 3.10. The first-order valence-electron chi connectivity index (χ1n) is 7.00. The summed E-state index contributed by atoms with van der Waals surface area (Å²) in [6, 6.07) is 7.58. The van der Waals surface area contributed by atoms with Crippen LogP contribution in [-0.4, -0.2) is 12.4 Å². The summed E-state index contributed by atoms with van der Waals surface area (Å²) in [5.41, 5.74) is 0.742. The van der Waals surface area contributed by atoms with Crippen molar-refractivity contribution in [2.24, 2.45) is 5.92 Å². The summed E-state index contributed by atoms with van der Waals surface area (Å²) in [7, 11) is 0. The van der Waals surface area contributed by atoms with Gasteiger partial charge in [0.15, 0.2) is 5.78 Å². The van der Waals surface area contributed by atoms with E-state index in [1.54, 1.807) is 0 Å². The minimum atomic E-state index is 0.140. The number of ether oxygens (including phenoxy) is 1. The van der Waals surface area contributed by atoms with E-state index in [0.717, 1.165) is 37.0 Å². The number of benzene rings is 1. The Kier molecular flexibility index (Phi) is 6.48. The maximum absolute atomic E-state index is 12.5. The molecule has 2 heteroatoms. The molecule has 0 N–H and O–H groups in total. The van der Waals surface area contributed by atoms with Crippen LogP contribution >= 0.6 is 0 Å². The number of hydrogen-bond donors (Lipinski definition) is 0. The van der Waals surface area contributed by atoms with Crippen LogP contribution in [0.5, 0.6) is 5.75 Å². The fraction of sp³-hybridized carbons (Fsp3) is 0.562. The zero-order valence-electron chi connectivity index (χ0n) is 11.7. The molecule has 1 aromatic carbocycles. The smallest absolute Gasteiger partial charge is 0.169 e. The summed E-state index contributed by atoms with van der Waals surface area (Å²) in [5, 5.41) is 0. The van der Waals surface area contributed by atoms with Gasteiger partial charge in [-0.1, -0.05) is 38.8 Å². The van der Waals surface area contributed by atoms with E-state index in [0.29, 0.717) is 6.61 Å². The van der Waals surface area contributed by atoms with Gasteiger partial charge in [-0.2, -0.15) is 0 Å². The van der Waals surface area contributed by atoms with E-state index in [1.807, 2.05) is 31.2 Å². The van der Waals surface area contributed by atoms with Crippen LogP contribution in [0.4, 0.5) is 0 Å². The molecular weight excluding hydrogens is 224 g/mol. The Bertz CT molecular complexity index is 365.